The van der Waals surface area contributed by atoms with Crippen LogP contribution in [0.3, 0.4) is 0 Å². The highest BCUT2D eigenvalue weighted by molar-refractivity contribution is 7.92. The number of likely N-dealkylation sites (N-methyl/N-ethyl adjacent to an activating group) is 1. The molecule has 2 amide bonds. The summed E-state index contributed by atoms with van der Waals surface area (Å²) in [6.07, 6.45) is 0.800. The Morgan fingerprint density at radius 3 is 2.42 bits per heavy atom. The van der Waals surface area contributed by atoms with Crippen molar-refractivity contribution in [2.24, 2.45) is 0 Å². The molecule has 1 aliphatic rings. The van der Waals surface area contributed by atoms with Crippen LogP contribution in [0.25, 0.3) is 0 Å². The zero-order valence-electron chi connectivity index (χ0n) is 21.0. The summed E-state index contributed by atoms with van der Waals surface area (Å²) in [6, 6.07) is 11.1. The van der Waals surface area contributed by atoms with Gasteiger partial charge in [-0.05, 0) is 55.8 Å². The van der Waals surface area contributed by atoms with Crippen molar-refractivity contribution in [3.8, 4) is 5.75 Å². The van der Waals surface area contributed by atoms with Crippen molar-refractivity contribution in [2.45, 2.75) is 25.2 Å². The molecule has 0 bridgehead atoms. The van der Waals surface area contributed by atoms with Crippen molar-refractivity contribution in [1.29, 1.82) is 0 Å². The van der Waals surface area contributed by atoms with Crippen LogP contribution in [0.4, 0.5) is 11.4 Å². The standard InChI is InChI=1S/C25H35N5O5S/c1-4-12-27-24(31)18-29(3)25(32)19-6-11-23(30-15-13-26-14-16-30)22(17-19)28-36(33,34)21-9-7-20(8-10-21)35-5-2/h6-11,17,26,28H,4-5,12-16,18H2,1-3H3,(H,27,31). The number of piperazine rings is 1. The van der Waals surface area contributed by atoms with E-state index >= 15 is 0 Å². The van der Waals surface area contributed by atoms with E-state index in [-0.39, 0.29) is 28.8 Å². The summed E-state index contributed by atoms with van der Waals surface area (Å²) >= 11 is 0. The van der Waals surface area contributed by atoms with Gasteiger partial charge in [0.25, 0.3) is 15.9 Å². The Balaban J connectivity index is 1.89. The van der Waals surface area contributed by atoms with Gasteiger partial charge in [0.1, 0.15) is 5.75 Å². The molecular formula is C25H35N5O5S. The van der Waals surface area contributed by atoms with E-state index in [0.29, 0.717) is 43.4 Å². The fraction of sp³-hybridized carbons (Fsp3) is 0.440. The number of sulfonamides is 1. The highest BCUT2D eigenvalue weighted by Crippen LogP contribution is 2.30. The van der Waals surface area contributed by atoms with E-state index in [2.05, 4.69) is 20.3 Å². The van der Waals surface area contributed by atoms with E-state index in [1.165, 1.54) is 23.1 Å². The number of nitrogens with zero attached hydrogens (tertiary/aromatic N) is 2. The predicted molar refractivity (Wildman–Crippen MR) is 140 cm³/mol. The molecule has 1 fully saturated rings. The van der Waals surface area contributed by atoms with Gasteiger partial charge in [-0.3, -0.25) is 14.3 Å². The van der Waals surface area contributed by atoms with E-state index < -0.39 is 10.0 Å². The van der Waals surface area contributed by atoms with Gasteiger partial charge in [-0.15, -0.1) is 0 Å². The zero-order valence-corrected chi connectivity index (χ0v) is 21.9. The maximum atomic E-state index is 13.2. The number of anilines is 2. The van der Waals surface area contributed by atoms with Gasteiger partial charge in [-0.25, -0.2) is 8.42 Å². The van der Waals surface area contributed by atoms with Crippen LogP contribution in [0.2, 0.25) is 0 Å². The summed E-state index contributed by atoms with van der Waals surface area (Å²) in [4.78, 5) is 28.6. The van der Waals surface area contributed by atoms with Gasteiger partial charge in [0.2, 0.25) is 5.91 Å². The van der Waals surface area contributed by atoms with Crippen LogP contribution in [0.15, 0.2) is 47.4 Å². The first-order chi connectivity index (χ1) is 17.2. The van der Waals surface area contributed by atoms with Crippen LogP contribution in [0.1, 0.15) is 30.6 Å². The number of hydrogen-bond donors (Lipinski definition) is 3. The SMILES string of the molecule is CCCNC(=O)CN(C)C(=O)c1ccc(N2CCNCC2)c(NS(=O)(=O)c2ccc(OCC)cc2)c1. The molecule has 10 nitrogen and oxygen atoms in total. The second kappa shape index (κ2) is 12.6. The van der Waals surface area contributed by atoms with Gasteiger partial charge in [0, 0.05) is 45.3 Å². The minimum atomic E-state index is -3.94. The van der Waals surface area contributed by atoms with Crippen molar-refractivity contribution in [1.82, 2.24) is 15.5 Å². The third-order valence-electron chi connectivity index (χ3n) is 5.69. The zero-order chi connectivity index (χ0) is 26.1. The lowest BCUT2D eigenvalue weighted by Crippen LogP contribution is -2.44. The molecule has 1 saturated heterocycles. The monoisotopic (exact) mass is 517 g/mol. The third kappa shape index (κ3) is 7.11. The highest BCUT2D eigenvalue weighted by Gasteiger charge is 2.23. The molecule has 0 saturated carbocycles. The van der Waals surface area contributed by atoms with Gasteiger partial charge in [0.05, 0.1) is 29.4 Å². The number of carbonyl (C=O) groups is 2. The number of nitrogens with one attached hydrogen (secondary N) is 3. The van der Waals surface area contributed by atoms with Crippen LogP contribution >= 0.6 is 0 Å². The van der Waals surface area contributed by atoms with Crippen molar-refractivity contribution in [3.05, 3.63) is 48.0 Å². The molecule has 11 heteroatoms. The third-order valence-corrected chi connectivity index (χ3v) is 7.07. The van der Waals surface area contributed by atoms with Crippen LogP contribution in [0, 0.1) is 0 Å². The van der Waals surface area contributed by atoms with Crippen molar-refractivity contribution in [2.75, 3.05) is 62.5 Å². The summed E-state index contributed by atoms with van der Waals surface area (Å²) < 4.78 is 34.6. The minimum Gasteiger partial charge on any atom is -0.494 e. The first kappa shape index (κ1) is 27.3. The topological polar surface area (TPSA) is 120 Å². The molecule has 3 rings (SSSR count). The molecule has 0 radical (unpaired) electrons. The molecular weight excluding hydrogens is 482 g/mol. The Kier molecular flexibility index (Phi) is 9.54. The summed E-state index contributed by atoms with van der Waals surface area (Å²) in [6.45, 7) is 7.66. The Morgan fingerprint density at radius 1 is 1.08 bits per heavy atom. The number of rotatable bonds is 11. The number of hydrogen-bond acceptors (Lipinski definition) is 7. The Hall–Kier alpha value is -3.31. The summed E-state index contributed by atoms with van der Waals surface area (Å²) in [5, 5.41) is 6.03. The van der Waals surface area contributed by atoms with Gasteiger partial charge in [-0.1, -0.05) is 6.92 Å². The largest absolute Gasteiger partial charge is 0.494 e. The first-order valence-electron chi connectivity index (χ1n) is 12.1. The molecule has 1 aliphatic heterocycles. The van der Waals surface area contributed by atoms with Crippen molar-refractivity contribution < 1.29 is 22.7 Å². The second-order valence-electron chi connectivity index (χ2n) is 8.49. The Bertz CT molecular complexity index is 1150. The number of benzene rings is 2. The molecule has 3 N–H and O–H groups in total. The van der Waals surface area contributed by atoms with Gasteiger partial charge >= 0.3 is 0 Å². The number of carbonyl (C=O) groups excluding carboxylic acids is 2. The fourth-order valence-corrected chi connectivity index (χ4v) is 4.91. The van der Waals surface area contributed by atoms with E-state index in [4.69, 9.17) is 4.74 Å². The molecule has 0 aliphatic carbocycles. The van der Waals surface area contributed by atoms with Gasteiger partial charge in [-0.2, -0.15) is 0 Å². The van der Waals surface area contributed by atoms with E-state index in [1.807, 2.05) is 13.8 Å². The predicted octanol–water partition coefficient (Wildman–Crippen LogP) is 1.89. The highest BCUT2D eigenvalue weighted by atomic mass is 32.2. The van der Waals surface area contributed by atoms with Crippen LogP contribution in [-0.4, -0.2) is 78.1 Å². The van der Waals surface area contributed by atoms with E-state index in [0.717, 1.165) is 19.5 Å². The fourth-order valence-electron chi connectivity index (χ4n) is 3.85. The van der Waals surface area contributed by atoms with Crippen LogP contribution < -0.4 is 25.0 Å². The Labute approximate surface area is 213 Å². The van der Waals surface area contributed by atoms with E-state index in [9.17, 15) is 18.0 Å². The lowest BCUT2D eigenvalue weighted by atomic mass is 10.1. The number of ether oxygens (including phenoxy) is 1. The molecule has 0 aromatic heterocycles. The lowest BCUT2D eigenvalue weighted by Gasteiger charge is -2.31. The molecule has 2 aromatic carbocycles. The molecule has 0 atom stereocenters. The first-order valence-corrected chi connectivity index (χ1v) is 13.6. The summed E-state index contributed by atoms with van der Waals surface area (Å²) in [5.74, 6) is -0.0480. The normalized spacial score (nSPS) is 13.7. The smallest absolute Gasteiger partial charge is 0.261 e. The molecule has 1 heterocycles. The quantitative estimate of drug-likeness (QED) is 0.416. The van der Waals surface area contributed by atoms with Crippen LogP contribution in [0.5, 0.6) is 5.75 Å². The van der Waals surface area contributed by atoms with Crippen molar-refractivity contribution >= 4 is 33.2 Å². The average Bonchev–Trinajstić information content (AvgIpc) is 2.87. The minimum absolute atomic E-state index is 0.0821. The Morgan fingerprint density at radius 2 is 1.78 bits per heavy atom. The summed E-state index contributed by atoms with van der Waals surface area (Å²) in [5.41, 5.74) is 1.27. The maximum Gasteiger partial charge on any atom is 0.261 e. The average molecular weight is 518 g/mol. The molecule has 36 heavy (non-hydrogen) atoms. The molecule has 2 aromatic rings. The molecule has 0 spiro atoms. The number of amides is 2. The lowest BCUT2D eigenvalue weighted by molar-refractivity contribution is -0.121. The van der Waals surface area contributed by atoms with Crippen molar-refractivity contribution in [3.63, 3.8) is 0 Å². The van der Waals surface area contributed by atoms with E-state index in [1.54, 1.807) is 31.3 Å². The molecule has 0 unspecified atom stereocenters. The molecule has 196 valence electrons. The van der Waals surface area contributed by atoms with Crippen LogP contribution in [-0.2, 0) is 14.8 Å². The second-order valence-corrected chi connectivity index (χ2v) is 10.2. The van der Waals surface area contributed by atoms with Gasteiger partial charge < -0.3 is 25.2 Å². The van der Waals surface area contributed by atoms with Gasteiger partial charge in [0.15, 0.2) is 0 Å². The summed E-state index contributed by atoms with van der Waals surface area (Å²) in [7, 11) is -2.39. The maximum absolute atomic E-state index is 13.2.